The van der Waals surface area contributed by atoms with E-state index in [1.165, 1.54) is 10.3 Å². The van der Waals surface area contributed by atoms with Crippen LogP contribution in [0.25, 0.3) is 10.2 Å². The number of hydrogen-bond donors (Lipinski definition) is 1. The Labute approximate surface area is 104 Å². The van der Waals surface area contributed by atoms with Crippen LogP contribution in [0.1, 0.15) is 12.5 Å². The first-order valence-electron chi connectivity index (χ1n) is 5.31. The highest BCUT2D eigenvalue weighted by Gasteiger charge is 2.06. The third kappa shape index (κ3) is 2.68. The van der Waals surface area contributed by atoms with Gasteiger partial charge >= 0.3 is 0 Å². The van der Waals surface area contributed by atoms with Crippen molar-refractivity contribution in [3.63, 3.8) is 0 Å². The van der Waals surface area contributed by atoms with Crippen molar-refractivity contribution in [1.29, 1.82) is 0 Å². The number of thioether (sulfide) groups is 1. The Hall–Kier alpha value is -0.740. The molecule has 1 aromatic carbocycles. The average molecular weight is 252 g/mol. The molecule has 1 aromatic heterocycles. The molecule has 2 nitrogen and oxygen atoms in total. The summed E-state index contributed by atoms with van der Waals surface area (Å²) in [5.74, 6) is 1.11. The van der Waals surface area contributed by atoms with E-state index >= 15 is 0 Å². The Morgan fingerprint density at radius 3 is 3.06 bits per heavy atom. The molecule has 0 aliphatic rings. The predicted octanol–water partition coefficient (Wildman–Crippen LogP) is 3.77. The van der Waals surface area contributed by atoms with Crippen LogP contribution in [0.2, 0.25) is 0 Å². The highest BCUT2D eigenvalue weighted by molar-refractivity contribution is 7.98. The van der Waals surface area contributed by atoms with Gasteiger partial charge in [0.05, 0.1) is 10.2 Å². The van der Waals surface area contributed by atoms with Crippen LogP contribution in [0.4, 0.5) is 5.13 Å². The van der Waals surface area contributed by atoms with Crippen molar-refractivity contribution in [1.82, 2.24) is 4.98 Å². The normalized spacial score (nSPS) is 12.9. The average Bonchev–Trinajstić information content (AvgIpc) is 2.59. The highest BCUT2D eigenvalue weighted by atomic mass is 32.2. The van der Waals surface area contributed by atoms with E-state index < -0.39 is 0 Å². The van der Waals surface area contributed by atoms with Crippen LogP contribution in [0, 0.1) is 6.92 Å². The summed E-state index contributed by atoms with van der Waals surface area (Å²) in [7, 11) is 0. The minimum atomic E-state index is 0.469. The van der Waals surface area contributed by atoms with Gasteiger partial charge in [0.15, 0.2) is 5.13 Å². The fourth-order valence-corrected chi connectivity index (χ4v) is 3.25. The molecule has 0 amide bonds. The molecule has 1 N–H and O–H groups in total. The van der Waals surface area contributed by atoms with Gasteiger partial charge in [-0.25, -0.2) is 4.98 Å². The molecule has 2 rings (SSSR count). The summed E-state index contributed by atoms with van der Waals surface area (Å²) in [6, 6.07) is 6.86. The number of aromatic nitrogens is 1. The maximum Gasteiger partial charge on any atom is 0.184 e. The van der Waals surface area contributed by atoms with E-state index in [4.69, 9.17) is 0 Å². The lowest BCUT2D eigenvalue weighted by Gasteiger charge is -2.09. The first-order valence-corrected chi connectivity index (χ1v) is 7.53. The van der Waals surface area contributed by atoms with E-state index in [9.17, 15) is 0 Å². The van der Waals surface area contributed by atoms with Crippen LogP contribution in [0.15, 0.2) is 18.2 Å². The van der Waals surface area contributed by atoms with Gasteiger partial charge in [0.1, 0.15) is 0 Å². The summed E-state index contributed by atoms with van der Waals surface area (Å²) in [4.78, 5) is 4.57. The summed E-state index contributed by atoms with van der Waals surface area (Å²) in [5.41, 5.74) is 2.38. The molecule has 0 fully saturated rings. The molecule has 1 unspecified atom stereocenters. The van der Waals surface area contributed by atoms with Gasteiger partial charge in [0.25, 0.3) is 0 Å². The lowest BCUT2D eigenvalue weighted by Crippen LogP contribution is -2.17. The van der Waals surface area contributed by atoms with Crippen molar-refractivity contribution in [2.75, 3.05) is 17.3 Å². The fraction of sp³-hybridized carbons (Fsp3) is 0.417. The molecule has 0 saturated carbocycles. The molecule has 0 aliphatic carbocycles. The second-order valence-electron chi connectivity index (χ2n) is 3.99. The van der Waals surface area contributed by atoms with Crippen LogP contribution in [0.5, 0.6) is 0 Å². The monoisotopic (exact) mass is 252 g/mol. The van der Waals surface area contributed by atoms with E-state index in [2.05, 4.69) is 48.6 Å². The van der Waals surface area contributed by atoms with Crippen LogP contribution < -0.4 is 5.32 Å². The summed E-state index contributed by atoms with van der Waals surface area (Å²) in [5, 5.41) is 4.47. The second kappa shape index (κ2) is 5.06. The van der Waals surface area contributed by atoms with E-state index in [1.807, 2.05) is 11.8 Å². The molecule has 4 heteroatoms. The Balaban J connectivity index is 2.19. The maximum absolute atomic E-state index is 4.57. The van der Waals surface area contributed by atoms with Crippen molar-refractivity contribution in [3.8, 4) is 0 Å². The summed E-state index contributed by atoms with van der Waals surface area (Å²) < 4.78 is 1.26. The Morgan fingerprint density at radius 1 is 1.50 bits per heavy atom. The Kier molecular flexibility index (Phi) is 3.71. The van der Waals surface area contributed by atoms with E-state index in [-0.39, 0.29) is 0 Å². The summed E-state index contributed by atoms with van der Waals surface area (Å²) in [6.07, 6.45) is 2.12. The van der Waals surface area contributed by atoms with Gasteiger partial charge in [-0.15, -0.1) is 0 Å². The molecule has 0 saturated heterocycles. The molecule has 2 aromatic rings. The standard InChI is InChI=1S/C12H16N2S2/c1-8-4-5-10-11(6-8)16-12(14-10)13-9(2)7-15-3/h4-6,9H,7H2,1-3H3,(H,13,14). The van der Waals surface area contributed by atoms with Gasteiger partial charge in [-0.05, 0) is 37.8 Å². The van der Waals surface area contributed by atoms with Crippen LogP contribution in [0.3, 0.4) is 0 Å². The number of hydrogen-bond acceptors (Lipinski definition) is 4. The number of nitrogens with one attached hydrogen (secondary N) is 1. The molecule has 0 spiro atoms. The molecule has 1 atom stereocenters. The number of anilines is 1. The molecule has 1 heterocycles. The molecular formula is C12H16N2S2. The Morgan fingerprint density at radius 2 is 2.31 bits per heavy atom. The third-order valence-corrected chi connectivity index (χ3v) is 4.11. The largest absolute Gasteiger partial charge is 0.358 e. The van der Waals surface area contributed by atoms with Gasteiger partial charge in [-0.2, -0.15) is 11.8 Å². The number of benzene rings is 1. The first-order chi connectivity index (χ1) is 7.69. The quantitative estimate of drug-likeness (QED) is 0.896. The molecule has 0 bridgehead atoms. The molecule has 86 valence electrons. The topological polar surface area (TPSA) is 24.9 Å². The minimum absolute atomic E-state index is 0.469. The van der Waals surface area contributed by atoms with Crippen molar-refractivity contribution in [3.05, 3.63) is 23.8 Å². The van der Waals surface area contributed by atoms with Gasteiger partial charge < -0.3 is 5.32 Å². The number of rotatable bonds is 4. The van der Waals surface area contributed by atoms with Crippen LogP contribution in [-0.4, -0.2) is 23.0 Å². The second-order valence-corrected chi connectivity index (χ2v) is 5.93. The molecule has 16 heavy (non-hydrogen) atoms. The lowest BCUT2D eigenvalue weighted by molar-refractivity contribution is 0.912. The van der Waals surface area contributed by atoms with E-state index in [1.54, 1.807) is 11.3 Å². The molecular weight excluding hydrogens is 236 g/mol. The third-order valence-electron chi connectivity index (χ3n) is 2.33. The number of nitrogens with zero attached hydrogens (tertiary/aromatic N) is 1. The summed E-state index contributed by atoms with van der Waals surface area (Å²) in [6.45, 7) is 4.30. The molecule has 0 radical (unpaired) electrons. The van der Waals surface area contributed by atoms with Gasteiger partial charge in [-0.1, -0.05) is 17.4 Å². The van der Waals surface area contributed by atoms with Gasteiger partial charge in [0.2, 0.25) is 0 Å². The maximum atomic E-state index is 4.57. The number of thiazole rings is 1. The zero-order chi connectivity index (χ0) is 11.5. The molecule has 0 aliphatic heterocycles. The highest BCUT2D eigenvalue weighted by Crippen LogP contribution is 2.27. The minimum Gasteiger partial charge on any atom is -0.358 e. The summed E-state index contributed by atoms with van der Waals surface area (Å²) >= 11 is 3.59. The van der Waals surface area contributed by atoms with Crippen molar-refractivity contribution < 1.29 is 0 Å². The van der Waals surface area contributed by atoms with E-state index in [0.717, 1.165) is 16.4 Å². The van der Waals surface area contributed by atoms with E-state index in [0.29, 0.717) is 6.04 Å². The van der Waals surface area contributed by atoms with Crippen molar-refractivity contribution in [2.45, 2.75) is 19.9 Å². The SMILES string of the molecule is CSCC(C)Nc1nc2ccc(C)cc2s1. The lowest BCUT2D eigenvalue weighted by atomic mass is 10.2. The number of aryl methyl sites for hydroxylation is 1. The Bertz CT molecular complexity index is 479. The van der Waals surface area contributed by atoms with Gasteiger partial charge in [0, 0.05) is 11.8 Å². The van der Waals surface area contributed by atoms with Crippen molar-refractivity contribution in [2.24, 2.45) is 0 Å². The smallest absolute Gasteiger partial charge is 0.184 e. The van der Waals surface area contributed by atoms with Gasteiger partial charge in [-0.3, -0.25) is 0 Å². The van der Waals surface area contributed by atoms with Crippen LogP contribution >= 0.6 is 23.1 Å². The zero-order valence-electron chi connectivity index (χ0n) is 9.78. The first kappa shape index (κ1) is 11.7. The predicted molar refractivity (Wildman–Crippen MR) is 75.8 cm³/mol. The van der Waals surface area contributed by atoms with Crippen LogP contribution in [-0.2, 0) is 0 Å². The van der Waals surface area contributed by atoms with Crippen molar-refractivity contribution >= 4 is 38.4 Å². The zero-order valence-corrected chi connectivity index (χ0v) is 11.4. The fourth-order valence-electron chi connectivity index (χ4n) is 1.60. The number of fused-ring (bicyclic) bond motifs is 1.